The van der Waals surface area contributed by atoms with Gasteiger partial charge in [0, 0.05) is 0 Å². The minimum absolute atomic E-state index is 0.114. The molecule has 1 heterocycles. The summed E-state index contributed by atoms with van der Waals surface area (Å²) in [6, 6.07) is 20.8. The molecular formula is C27H39BO3. The molecule has 4 heteroatoms. The minimum atomic E-state index is -0.267. The van der Waals surface area contributed by atoms with E-state index in [9.17, 15) is 0 Å². The van der Waals surface area contributed by atoms with Gasteiger partial charge < -0.3 is 14.0 Å². The van der Waals surface area contributed by atoms with E-state index in [0.717, 1.165) is 44.5 Å². The molecule has 31 heavy (non-hydrogen) atoms. The van der Waals surface area contributed by atoms with Gasteiger partial charge in [0.1, 0.15) is 5.75 Å². The molecule has 1 atom stereocenters. The number of aryl methyl sites for hydroxylation is 1. The Bertz CT molecular complexity index is 745. The van der Waals surface area contributed by atoms with Crippen molar-refractivity contribution < 1.29 is 14.0 Å². The lowest BCUT2D eigenvalue weighted by Crippen LogP contribution is -2.41. The van der Waals surface area contributed by atoms with Crippen molar-refractivity contribution in [2.45, 2.75) is 89.7 Å². The van der Waals surface area contributed by atoms with E-state index in [2.05, 4.69) is 58.0 Å². The highest BCUT2D eigenvalue weighted by atomic mass is 16.7. The van der Waals surface area contributed by atoms with E-state index in [4.69, 9.17) is 14.0 Å². The normalized spacial score (nSPS) is 18.1. The zero-order chi connectivity index (χ0) is 22.2. The third-order valence-corrected chi connectivity index (χ3v) is 6.77. The summed E-state index contributed by atoms with van der Waals surface area (Å²) in [5.41, 5.74) is 0.889. The molecule has 0 N–H and O–H groups in total. The van der Waals surface area contributed by atoms with Crippen LogP contribution in [0.2, 0.25) is 5.82 Å². The molecule has 0 bridgehead atoms. The summed E-state index contributed by atoms with van der Waals surface area (Å²) in [6.45, 7) is 9.34. The Hall–Kier alpha value is -1.78. The first-order valence-electron chi connectivity index (χ1n) is 11.9. The summed E-state index contributed by atoms with van der Waals surface area (Å²) in [7, 11) is -0.114. The third kappa shape index (κ3) is 7.12. The summed E-state index contributed by atoms with van der Waals surface area (Å²) in [4.78, 5) is 0. The molecule has 1 saturated heterocycles. The Balaban J connectivity index is 1.46. The van der Waals surface area contributed by atoms with Crippen molar-refractivity contribution in [3.8, 4) is 5.75 Å². The smallest absolute Gasteiger partial charge is 0.461 e. The van der Waals surface area contributed by atoms with Crippen molar-refractivity contribution in [2.24, 2.45) is 0 Å². The van der Waals surface area contributed by atoms with Crippen molar-refractivity contribution in [1.29, 1.82) is 0 Å². The molecule has 0 amide bonds. The van der Waals surface area contributed by atoms with Gasteiger partial charge >= 0.3 is 7.12 Å². The first kappa shape index (κ1) is 23.9. The number of hydrogen-bond donors (Lipinski definition) is 0. The average molecular weight is 422 g/mol. The molecule has 0 radical (unpaired) electrons. The lowest BCUT2D eigenvalue weighted by atomic mass is 9.66. The van der Waals surface area contributed by atoms with E-state index in [1.165, 1.54) is 18.4 Å². The van der Waals surface area contributed by atoms with Crippen molar-refractivity contribution in [3.63, 3.8) is 0 Å². The van der Waals surface area contributed by atoms with Crippen LogP contribution >= 0.6 is 0 Å². The highest BCUT2D eigenvalue weighted by molar-refractivity contribution is 6.47. The van der Waals surface area contributed by atoms with Gasteiger partial charge in [-0.25, -0.2) is 0 Å². The van der Waals surface area contributed by atoms with Crippen LogP contribution in [0.4, 0.5) is 0 Å². The van der Waals surface area contributed by atoms with Crippen LogP contribution in [0.15, 0.2) is 60.7 Å². The quantitative estimate of drug-likeness (QED) is 0.269. The molecule has 0 aromatic heterocycles. The molecule has 2 aromatic carbocycles. The number of hydrogen-bond acceptors (Lipinski definition) is 3. The van der Waals surface area contributed by atoms with Gasteiger partial charge in [0.25, 0.3) is 0 Å². The molecule has 1 aliphatic rings. The van der Waals surface area contributed by atoms with Gasteiger partial charge in [0.15, 0.2) is 0 Å². The molecular weight excluding hydrogens is 383 g/mol. The Morgan fingerprint density at radius 1 is 0.742 bits per heavy atom. The molecule has 2 aromatic rings. The van der Waals surface area contributed by atoms with Crippen LogP contribution in [0.5, 0.6) is 5.75 Å². The van der Waals surface area contributed by atoms with E-state index in [0.29, 0.717) is 5.82 Å². The highest BCUT2D eigenvalue weighted by Crippen LogP contribution is 2.42. The molecule has 168 valence electrons. The van der Waals surface area contributed by atoms with Crippen LogP contribution in [-0.2, 0) is 15.7 Å². The second-order valence-electron chi connectivity index (χ2n) is 9.77. The molecule has 3 nitrogen and oxygen atoms in total. The summed E-state index contributed by atoms with van der Waals surface area (Å²) in [6.07, 6.45) is 7.97. The number of unbranched alkanes of at least 4 members (excludes halogenated alkanes) is 2. The summed E-state index contributed by atoms with van der Waals surface area (Å²) >= 11 is 0. The van der Waals surface area contributed by atoms with Gasteiger partial charge in [-0.05, 0) is 70.5 Å². The van der Waals surface area contributed by atoms with Crippen LogP contribution < -0.4 is 4.74 Å². The maximum Gasteiger partial charge on any atom is 0.461 e. The van der Waals surface area contributed by atoms with Crippen molar-refractivity contribution >= 4 is 7.12 Å². The highest BCUT2D eigenvalue weighted by Gasteiger charge is 2.53. The minimum Gasteiger partial charge on any atom is -0.494 e. The summed E-state index contributed by atoms with van der Waals surface area (Å²) < 4.78 is 18.7. The van der Waals surface area contributed by atoms with Gasteiger partial charge in [-0.1, -0.05) is 74.2 Å². The average Bonchev–Trinajstić information content (AvgIpc) is 2.97. The SMILES string of the molecule is CC1(C)OB([C@H](CCCCOc2ccccc2)CCCCc2ccccc2)OC1(C)C. The first-order chi connectivity index (χ1) is 14.9. The molecule has 1 fully saturated rings. The van der Waals surface area contributed by atoms with Crippen molar-refractivity contribution in [3.05, 3.63) is 66.2 Å². The topological polar surface area (TPSA) is 27.7 Å². The Morgan fingerprint density at radius 3 is 1.90 bits per heavy atom. The molecule has 1 aliphatic heterocycles. The van der Waals surface area contributed by atoms with Crippen LogP contribution in [0.3, 0.4) is 0 Å². The molecule has 0 unspecified atom stereocenters. The van der Waals surface area contributed by atoms with Crippen LogP contribution in [0.25, 0.3) is 0 Å². The fourth-order valence-electron chi connectivity index (χ4n) is 4.09. The third-order valence-electron chi connectivity index (χ3n) is 6.77. The van der Waals surface area contributed by atoms with Gasteiger partial charge in [0.05, 0.1) is 17.8 Å². The maximum absolute atomic E-state index is 6.41. The van der Waals surface area contributed by atoms with Crippen LogP contribution in [0.1, 0.15) is 71.8 Å². The van der Waals surface area contributed by atoms with E-state index < -0.39 is 0 Å². The van der Waals surface area contributed by atoms with Crippen molar-refractivity contribution in [1.82, 2.24) is 0 Å². The second kappa shape index (κ2) is 11.2. The van der Waals surface area contributed by atoms with Gasteiger partial charge in [-0.3, -0.25) is 0 Å². The van der Waals surface area contributed by atoms with E-state index in [1.54, 1.807) is 0 Å². The van der Waals surface area contributed by atoms with E-state index in [-0.39, 0.29) is 18.3 Å². The monoisotopic (exact) mass is 422 g/mol. The van der Waals surface area contributed by atoms with Gasteiger partial charge in [0.2, 0.25) is 0 Å². The molecule has 0 aliphatic carbocycles. The molecule has 0 spiro atoms. The predicted molar refractivity (Wildman–Crippen MR) is 130 cm³/mol. The summed E-state index contributed by atoms with van der Waals surface area (Å²) in [5.74, 6) is 1.37. The molecule has 3 rings (SSSR count). The Morgan fingerprint density at radius 2 is 1.29 bits per heavy atom. The first-order valence-corrected chi connectivity index (χ1v) is 11.9. The van der Waals surface area contributed by atoms with Gasteiger partial charge in [-0.15, -0.1) is 0 Å². The lowest BCUT2D eigenvalue weighted by Gasteiger charge is -2.32. The maximum atomic E-state index is 6.41. The number of benzene rings is 2. The van der Waals surface area contributed by atoms with E-state index in [1.807, 2.05) is 30.3 Å². The van der Waals surface area contributed by atoms with E-state index >= 15 is 0 Å². The number of ether oxygens (including phenoxy) is 1. The van der Waals surface area contributed by atoms with Gasteiger partial charge in [-0.2, -0.15) is 0 Å². The Labute approximate surface area is 189 Å². The Kier molecular flexibility index (Phi) is 8.62. The largest absolute Gasteiger partial charge is 0.494 e. The lowest BCUT2D eigenvalue weighted by molar-refractivity contribution is 0.00578. The van der Waals surface area contributed by atoms with Crippen LogP contribution in [-0.4, -0.2) is 24.9 Å². The zero-order valence-electron chi connectivity index (χ0n) is 19.8. The zero-order valence-corrected chi connectivity index (χ0v) is 19.8. The summed E-state index contributed by atoms with van der Waals surface area (Å²) in [5, 5.41) is 0. The predicted octanol–water partition coefficient (Wildman–Crippen LogP) is 7.11. The fraction of sp³-hybridized carbons (Fsp3) is 0.556. The van der Waals surface area contributed by atoms with Crippen molar-refractivity contribution in [2.75, 3.05) is 6.61 Å². The van der Waals surface area contributed by atoms with Crippen LogP contribution in [0, 0.1) is 0 Å². The standard InChI is InChI=1S/C27H39BO3/c1-26(2)27(3,4)31-28(30-26)24(18-12-11-17-23-15-7-5-8-16-23)19-13-14-22-29-25-20-9-6-10-21-25/h5-10,15-16,20-21,24H,11-14,17-19,22H2,1-4H3/t24-/m0/s1. The second-order valence-corrected chi connectivity index (χ2v) is 9.77. The molecule has 0 saturated carbocycles. The number of para-hydroxylation sites is 1. The fourth-order valence-corrected chi connectivity index (χ4v) is 4.09. The number of rotatable bonds is 12.